The zero-order valence-electron chi connectivity index (χ0n) is 14.9. The monoisotopic (exact) mass is 381 g/mol. The minimum absolute atomic E-state index is 0.128. The van der Waals surface area contributed by atoms with E-state index in [-0.39, 0.29) is 13.0 Å². The fraction of sp³-hybridized carbons (Fsp3) is 0.368. The van der Waals surface area contributed by atoms with Crippen LogP contribution in [0.25, 0.3) is 0 Å². The van der Waals surface area contributed by atoms with Gasteiger partial charge in [0.15, 0.2) is 17.7 Å². The molecule has 2 aromatic carbocycles. The number of hydrogen-bond donors (Lipinski definition) is 2. The smallest absolute Gasteiger partial charge is 0.416 e. The lowest BCUT2D eigenvalue weighted by Crippen LogP contribution is -3.11. The van der Waals surface area contributed by atoms with Crippen LogP contribution in [-0.4, -0.2) is 27.5 Å². The van der Waals surface area contributed by atoms with Crippen molar-refractivity contribution in [1.82, 2.24) is 0 Å². The summed E-state index contributed by atoms with van der Waals surface area (Å²) >= 11 is 0. The maximum atomic E-state index is 13.0. The second-order valence-corrected chi connectivity index (χ2v) is 6.72. The molecule has 2 atom stereocenters. The predicted molar refractivity (Wildman–Crippen MR) is 92.4 cm³/mol. The first-order valence-corrected chi connectivity index (χ1v) is 8.64. The highest BCUT2D eigenvalue weighted by Crippen LogP contribution is 2.47. The molecule has 0 amide bonds. The third kappa shape index (κ3) is 3.14. The van der Waals surface area contributed by atoms with Crippen molar-refractivity contribution in [2.75, 3.05) is 32.8 Å². The van der Waals surface area contributed by atoms with E-state index in [9.17, 15) is 13.2 Å². The van der Waals surface area contributed by atoms with E-state index in [2.05, 4.69) is 5.32 Å². The highest BCUT2D eigenvalue weighted by molar-refractivity contribution is 5.62. The van der Waals surface area contributed by atoms with Gasteiger partial charge in [-0.15, -0.1) is 0 Å². The minimum Gasteiger partial charge on any atom is -0.492 e. The second-order valence-electron chi connectivity index (χ2n) is 6.72. The fourth-order valence-corrected chi connectivity index (χ4v) is 3.67. The van der Waals surface area contributed by atoms with Crippen molar-refractivity contribution in [3.05, 3.63) is 47.0 Å². The Morgan fingerprint density at radius 1 is 1.22 bits per heavy atom. The molecular weight excluding hydrogens is 361 g/mol. The van der Waals surface area contributed by atoms with Crippen LogP contribution < -0.4 is 24.4 Å². The lowest BCUT2D eigenvalue weighted by Gasteiger charge is -2.34. The largest absolute Gasteiger partial charge is 0.492 e. The summed E-state index contributed by atoms with van der Waals surface area (Å²) in [6.45, 7) is 0.954. The van der Waals surface area contributed by atoms with Crippen molar-refractivity contribution in [2.45, 2.75) is 18.8 Å². The van der Waals surface area contributed by atoms with Gasteiger partial charge in [0.1, 0.15) is 0 Å². The molecular formula is C19H20F3N2O3+. The highest BCUT2D eigenvalue weighted by Gasteiger charge is 2.37. The molecule has 2 heterocycles. The molecule has 0 saturated heterocycles. The maximum absolute atomic E-state index is 13.0. The van der Waals surface area contributed by atoms with Gasteiger partial charge in [0.25, 0.3) is 0 Å². The van der Waals surface area contributed by atoms with Crippen LogP contribution in [0.4, 0.5) is 18.9 Å². The van der Waals surface area contributed by atoms with E-state index >= 15 is 0 Å². The number of fused-ring (bicyclic) bond motifs is 2. The molecule has 2 aliphatic rings. The number of quaternary nitrogens is 1. The van der Waals surface area contributed by atoms with Crippen molar-refractivity contribution in [1.29, 1.82) is 0 Å². The van der Waals surface area contributed by atoms with Crippen molar-refractivity contribution in [3.63, 3.8) is 0 Å². The van der Waals surface area contributed by atoms with E-state index < -0.39 is 11.7 Å². The Labute approximate surface area is 154 Å². The maximum Gasteiger partial charge on any atom is 0.416 e. The summed E-state index contributed by atoms with van der Waals surface area (Å²) in [4.78, 5) is 1.12. The fourth-order valence-electron chi connectivity index (χ4n) is 3.67. The Kier molecular flexibility index (Phi) is 4.30. The zero-order valence-corrected chi connectivity index (χ0v) is 14.9. The van der Waals surface area contributed by atoms with Gasteiger partial charge in [0.2, 0.25) is 12.5 Å². The summed E-state index contributed by atoms with van der Waals surface area (Å²) in [5, 5.41) is 3.25. The van der Waals surface area contributed by atoms with Gasteiger partial charge in [0.05, 0.1) is 31.8 Å². The van der Waals surface area contributed by atoms with Gasteiger partial charge in [-0.05, 0) is 29.8 Å². The Morgan fingerprint density at radius 2 is 2.04 bits per heavy atom. The predicted octanol–water partition coefficient (Wildman–Crippen LogP) is 2.62. The summed E-state index contributed by atoms with van der Waals surface area (Å²) in [5.41, 5.74) is 1.66. The van der Waals surface area contributed by atoms with Gasteiger partial charge >= 0.3 is 6.18 Å². The highest BCUT2D eigenvalue weighted by atomic mass is 19.4. The number of ether oxygens (including phenoxy) is 3. The molecule has 0 aliphatic carbocycles. The zero-order chi connectivity index (χ0) is 19.2. The summed E-state index contributed by atoms with van der Waals surface area (Å²) < 4.78 is 55.8. The molecule has 2 aromatic rings. The van der Waals surface area contributed by atoms with Crippen molar-refractivity contribution < 1.29 is 32.3 Å². The molecule has 0 spiro atoms. The van der Waals surface area contributed by atoms with E-state index in [1.54, 1.807) is 13.2 Å². The number of rotatable bonds is 3. The molecule has 0 fully saturated rings. The average Bonchev–Trinajstić information content (AvgIpc) is 3.10. The van der Waals surface area contributed by atoms with Gasteiger partial charge < -0.3 is 24.4 Å². The molecule has 0 radical (unpaired) electrons. The number of hydrogen-bond acceptors (Lipinski definition) is 4. The molecule has 1 unspecified atom stereocenters. The first-order valence-electron chi connectivity index (χ1n) is 8.64. The summed E-state index contributed by atoms with van der Waals surface area (Å²) in [5.74, 6) is 1.76. The van der Waals surface area contributed by atoms with E-state index in [1.807, 2.05) is 13.1 Å². The van der Waals surface area contributed by atoms with Crippen LogP contribution in [-0.2, 0) is 12.6 Å². The molecule has 27 heavy (non-hydrogen) atoms. The Balaban J connectivity index is 1.75. The standard InChI is InChI=1S/C19H19F3N2O3/c1-24-7-6-11-8-14-16(27-10-26-14)17(25-2)15(11)18(24)23-13-5-3-4-12(9-13)19(20,21)22/h3-5,8-9,18,23H,6-7,10H2,1-2H3/p+1/t18-/m0/s1. The molecule has 2 aliphatic heterocycles. The van der Waals surface area contributed by atoms with Crippen LogP contribution in [0.3, 0.4) is 0 Å². The molecule has 8 heteroatoms. The number of methoxy groups -OCH3 is 1. The molecule has 5 nitrogen and oxygen atoms in total. The summed E-state index contributed by atoms with van der Waals surface area (Å²) in [7, 11) is 3.56. The minimum atomic E-state index is -4.38. The van der Waals surface area contributed by atoms with Crippen LogP contribution in [0.2, 0.25) is 0 Å². The third-order valence-electron chi connectivity index (χ3n) is 5.02. The lowest BCUT2D eigenvalue weighted by molar-refractivity contribution is -0.910. The van der Waals surface area contributed by atoms with Crippen LogP contribution in [0.5, 0.6) is 17.2 Å². The number of alkyl halides is 3. The quantitative estimate of drug-likeness (QED) is 0.858. The number of benzene rings is 2. The lowest BCUT2D eigenvalue weighted by atomic mass is 9.94. The van der Waals surface area contributed by atoms with E-state index in [0.717, 1.165) is 41.1 Å². The second kappa shape index (κ2) is 6.53. The summed E-state index contributed by atoms with van der Waals surface area (Å²) in [6.07, 6.45) is -3.85. The third-order valence-corrected chi connectivity index (χ3v) is 5.02. The van der Waals surface area contributed by atoms with Crippen LogP contribution in [0, 0.1) is 0 Å². The Morgan fingerprint density at radius 3 is 2.78 bits per heavy atom. The number of nitrogens with one attached hydrogen (secondary N) is 2. The van der Waals surface area contributed by atoms with Crippen LogP contribution >= 0.6 is 0 Å². The summed E-state index contributed by atoms with van der Waals surface area (Å²) in [6, 6.07) is 7.17. The Bertz CT molecular complexity index is 870. The molecule has 2 N–H and O–H groups in total. The van der Waals surface area contributed by atoms with Gasteiger partial charge in [-0.25, -0.2) is 0 Å². The molecule has 4 rings (SSSR count). The SMILES string of the molecule is COc1c2c(cc3c1[C@@H](Nc1cccc(C(F)(F)F)c1)[NH+](C)CC3)OCO2. The van der Waals surface area contributed by atoms with E-state index in [1.165, 1.54) is 6.07 Å². The first-order chi connectivity index (χ1) is 12.9. The van der Waals surface area contributed by atoms with Crippen molar-refractivity contribution in [3.8, 4) is 17.2 Å². The van der Waals surface area contributed by atoms with E-state index in [4.69, 9.17) is 14.2 Å². The Hall–Kier alpha value is -2.61. The van der Waals surface area contributed by atoms with Crippen molar-refractivity contribution in [2.24, 2.45) is 0 Å². The first kappa shape index (κ1) is 17.8. The number of anilines is 1. The van der Waals surface area contributed by atoms with E-state index in [0.29, 0.717) is 22.9 Å². The van der Waals surface area contributed by atoms with Crippen LogP contribution in [0.15, 0.2) is 30.3 Å². The van der Waals surface area contributed by atoms with Gasteiger partial charge in [-0.2, -0.15) is 13.2 Å². The van der Waals surface area contributed by atoms with Crippen LogP contribution in [0.1, 0.15) is 22.9 Å². The molecule has 0 bridgehead atoms. The van der Waals surface area contributed by atoms with Gasteiger partial charge in [0, 0.05) is 12.1 Å². The van der Waals surface area contributed by atoms with Gasteiger partial charge in [-0.3, -0.25) is 0 Å². The molecule has 0 saturated carbocycles. The molecule has 144 valence electrons. The topological polar surface area (TPSA) is 44.2 Å². The van der Waals surface area contributed by atoms with Gasteiger partial charge in [-0.1, -0.05) is 6.07 Å². The normalized spacial score (nSPS) is 20.9. The van der Waals surface area contributed by atoms with Crippen molar-refractivity contribution >= 4 is 5.69 Å². The number of halogens is 3. The average molecular weight is 381 g/mol. The number of likely N-dealkylation sites (N-methyl/N-ethyl adjacent to an activating group) is 1. The molecule has 0 aromatic heterocycles.